The molecule has 0 unspecified atom stereocenters. The molecule has 0 radical (unpaired) electrons. The summed E-state index contributed by atoms with van der Waals surface area (Å²) in [5, 5.41) is 2.64. The van der Waals surface area contributed by atoms with Gasteiger partial charge in [0.15, 0.2) is 11.5 Å². The number of nitrogens with one attached hydrogen (secondary N) is 1. The molecule has 1 amide bonds. The Morgan fingerprint density at radius 3 is 2.75 bits per heavy atom. The fourth-order valence-electron chi connectivity index (χ4n) is 1.23. The lowest BCUT2D eigenvalue weighted by atomic mass is 10.2. The number of methoxy groups -OCH3 is 1. The van der Waals surface area contributed by atoms with Crippen molar-refractivity contribution in [1.82, 2.24) is 0 Å². The quantitative estimate of drug-likeness (QED) is 0.782. The minimum Gasteiger partial charge on any atom is -0.493 e. The van der Waals surface area contributed by atoms with Crippen LogP contribution in [0.25, 0.3) is 0 Å². The van der Waals surface area contributed by atoms with Crippen LogP contribution in [0.4, 0.5) is 5.69 Å². The number of anilines is 1. The Morgan fingerprint density at radius 1 is 1.44 bits per heavy atom. The summed E-state index contributed by atoms with van der Waals surface area (Å²) in [5.74, 6) is 0.985. The number of carbonyl (C=O) groups is 1. The highest BCUT2D eigenvalue weighted by Crippen LogP contribution is 2.29. The first-order chi connectivity index (χ1) is 7.71. The molecule has 0 fully saturated rings. The van der Waals surface area contributed by atoms with E-state index in [0.29, 0.717) is 23.8 Å². The van der Waals surface area contributed by atoms with Gasteiger partial charge in [0.25, 0.3) is 0 Å². The van der Waals surface area contributed by atoms with Crippen LogP contribution in [0.1, 0.15) is 6.92 Å². The molecule has 1 rings (SSSR count). The van der Waals surface area contributed by atoms with Crippen LogP contribution in [-0.4, -0.2) is 26.2 Å². The Balaban J connectivity index is 2.86. The molecule has 16 heavy (non-hydrogen) atoms. The number of amides is 1. The SMILES string of the molecule is CCOc1ccc(NC(=O)CN)cc1OC. The highest BCUT2D eigenvalue weighted by molar-refractivity contribution is 5.92. The minimum atomic E-state index is -0.244. The van der Waals surface area contributed by atoms with Crippen molar-refractivity contribution in [3.63, 3.8) is 0 Å². The first-order valence-corrected chi connectivity index (χ1v) is 5.02. The summed E-state index contributed by atoms with van der Waals surface area (Å²) in [6.45, 7) is 2.41. The second-order valence-electron chi connectivity index (χ2n) is 3.05. The molecule has 0 bridgehead atoms. The molecule has 1 aromatic rings. The van der Waals surface area contributed by atoms with Crippen LogP contribution in [0, 0.1) is 0 Å². The largest absolute Gasteiger partial charge is 0.493 e. The van der Waals surface area contributed by atoms with Crippen LogP contribution in [0.2, 0.25) is 0 Å². The van der Waals surface area contributed by atoms with E-state index in [-0.39, 0.29) is 12.5 Å². The predicted octanol–water partition coefficient (Wildman–Crippen LogP) is 0.991. The topological polar surface area (TPSA) is 73.6 Å². The average Bonchev–Trinajstić information content (AvgIpc) is 2.31. The molecule has 0 atom stereocenters. The van der Waals surface area contributed by atoms with Gasteiger partial charge < -0.3 is 20.5 Å². The summed E-state index contributed by atoms with van der Waals surface area (Å²) in [6, 6.07) is 5.17. The smallest absolute Gasteiger partial charge is 0.238 e. The van der Waals surface area contributed by atoms with Crippen molar-refractivity contribution in [3.05, 3.63) is 18.2 Å². The van der Waals surface area contributed by atoms with Crippen molar-refractivity contribution in [2.24, 2.45) is 5.73 Å². The molecule has 5 nitrogen and oxygen atoms in total. The van der Waals surface area contributed by atoms with E-state index in [1.165, 1.54) is 0 Å². The van der Waals surface area contributed by atoms with Gasteiger partial charge in [0.1, 0.15) is 0 Å². The maximum absolute atomic E-state index is 11.1. The molecular weight excluding hydrogens is 208 g/mol. The van der Waals surface area contributed by atoms with E-state index in [4.69, 9.17) is 15.2 Å². The number of benzene rings is 1. The van der Waals surface area contributed by atoms with E-state index in [1.54, 1.807) is 25.3 Å². The molecule has 0 heterocycles. The van der Waals surface area contributed by atoms with Gasteiger partial charge in [-0.25, -0.2) is 0 Å². The molecule has 0 saturated heterocycles. The Kier molecular flexibility index (Phi) is 4.60. The molecule has 0 aliphatic heterocycles. The zero-order valence-electron chi connectivity index (χ0n) is 9.45. The molecule has 0 aromatic heterocycles. The number of carbonyl (C=O) groups excluding carboxylic acids is 1. The molecule has 3 N–H and O–H groups in total. The fraction of sp³-hybridized carbons (Fsp3) is 0.364. The Bertz CT molecular complexity index is 366. The monoisotopic (exact) mass is 224 g/mol. The van der Waals surface area contributed by atoms with E-state index >= 15 is 0 Å². The molecule has 0 aliphatic rings. The van der Waals surface area contributed by atoms with Crippen molar-refractivity contribution in [2.45, 2.75) is 6.92 Å². The molecule has 0 spiro atoms. The first-order valence-electron chi connectivity index (χ1n) is 5.02. The molecule has 0 aliphatic carbocycles. The molecule has 88 valence electrons. The van der Waals surface area contributed by atoms with E-state index in [9.17, 15) is 4.79 Å². The van der Waals surface area contributed by atoms with Gasteiger partial charge in [-0.15, -0.1) is 0 Å². The van der Waals surface area contributed by atoms with Crippen molar-refractivity contribution in [3.8, 4) is 11.5 Å². The van der Waals surface area contributed by atoms with Crippen molar-refractivity contribution in [1.29, 1.82) is 0 Å². The number of nitrogens with two attached hydrogens (primary N) is 1. The normalized spacial score (nSPS) is 9.69. The van der Waals surface area contributed by atoms with E-state index in [1.807, 2.05) is 6.92 Å². The summed E-state index contributed by atoms with van der Waals surface area (Å²) in [6.07, 6.45) is 0. The zero-order valence-corrected chi connectivity index (χ0v) is 9.45. The Hall–Kier alpha value is -1.75. The molecular formula is C11H16N2O3. The number of rotatable bonds is 5. The van der Waals surface area contributed by atoms with Crippen LogP contribution < -0.4 is 20.5 Å². The maximum Gasteiger partial charge on any atom is 0.238 e. The maximum atomic E-state index is 11.1. The van der Waals surface area contributed by atoms with Crippen LogP contribution in [-0.2, 0) is 4.79 Å². The minimum absolute atomic E-state index is 0.0461. The second-order valence-corrected chi connectivity index (χ2v) is 3.05. The van der Waals surface area contributed by atoms with E-state index in [2.05, 4.69) is 5.32 Å². The highest BCUT2D eigenvalue weighted by Gasteiger charge is 2.06. The molecule has 0 saturated carbocycles. The average molecular weight is 224 g/mol. The van der Waals surface area contributed by atoms with E-state index in [0.717, 1.165) is 0 Å². The lowest BCUT2D eigenvalue weighted by Gasteiger charge is -2.11. The van der Waals surface area contributed by atoms with Crippen LogP contribution in [0.5, 0.6) is 11.5 Å². The van der Waals surface area contributed by atoms with Crippen LogP contribution in [0.15, 0.2) is 18.2 Å². The first kappa shape index (κ1) is 12.3. The lowest BCUT2D eigenvalue weighted by molar-refractivity contribution is -0.114. The summed E-state index contributed by atoms with van der Waals surface area (Å²) in [7, 11) is 1.55. The lowest BCUT2D eigenvalue weighted by Crippen LogP contribution is -2.21. The third kappa shape index (κ3) is 3.13. The standard InChI is InChI=1S/C11H16N2O3/c1-3-16-9-5-4-8(6-10(9)15-2)13-11(14)7-12/h4-6H,3,7,12H2,1-2H3,(H,13,14). The third-order valence-corrected chi connectivity index (χ3v) is 1.93. The highest BCUT2D eigenvalue weighted by atomic mass is 16.5. The number of ether oxygens (including phenoxy) is 2. The zero-order chi connectivity index (χ0) is 12.0. The van der Waals surface area contributed by atoms with Gasteiger partial charge in [-0.05, 0) is 19.1 Å². The summed E-state index contributed by atoms with van der Waals surface area (Å²) < 4.78 is 10.5. The van der Waals surface area contributed by atoms with Crippen LogP contribution in [0.3, 0.4) is 0 Å². The third-order valence-electron chi connectivity index (χ3n) is 1.93. The van der Waals surface area contributed by atoms with Gasteiger partial charge in [-0.3, -0.25) is 4.79 Å². The van der Waals surface area contributed by atoms with Crippen LogP contribution >= 0.6 is 0 Å². The second kappa shape index (κ2) is 5.97. The van der Waals surface area contributed by atoms with Gasteiger partial charge >= 0.3 is 0 Å². The van der Waals surface area contributed by atoms with Gasteiger partial charge in [-0.1, -0.05) is 0 Å². The van der Waals surface area contributed by atoms with Crippen molar-refractivity contribution >= 4 is 11.6 Å². The summed E-state index contributed by atoms with van der Waals surface area (Å²) in [5.41, 5.74) is 5.84. The predicted molar refractivity (Wildman–Crippen MR) is 61.8 cm³/mol. The van der Waals surface area contributed by atoms with E-state index < -0.39 is 0 Å². The van der Waals surface area contributed by atoms with Gasteiger partial charge in [0.05, 0.1) is 20.3 Å². The summed E-state index contributed by atoms with van der Waals surface area (Å²) in [4.78, 5) is 11.1. The van der Waals surface area contributed by atoms with Crippen molar-refractivity contribution < 1.29 is 14.3 Å². The van der Waals surface area contributed by atoms with Crippen molar-refractivity contribution in [2.75, 3.05) is 25.6 Å². The number of hydrogen-bond donors (Lipinski definition) is 2. The Morgan fingerprint density at radius 2 is 2.19 bits per heavy atom. The van der Waals surface area contributed by atoms with Gasteiger partial charge in [0.2, 0.25) is 5.91 Å². The summed E-state index contributed by atoms with van der Waals surface area (Å²) >= 11 is 0. The Labute approximate surface area is 94.5 Å². The number of hydrogen-bond acceptors (Lipinski definition) is 4. The van der Waals surface area contributed by atoms with Gasteiger partial charge in [0, 0.05) is 11.8 Å². The fourth-order valence-corrected chi connectivity index (χ4v) is 1.23. The molecule has 1 aromatic carbocycles. The van der Waals surface area contributed by atoms with Gasteiger partial charge in [-0.2, -0.15) is 0 Å². The molecule has 5 heteroatoms.